The van der Waals surface area contributed by atoms with Gasteiger partial charge in [-0.05, 0) is 41.8 Å². The maximum absolute atomic E-state index is 12.9. The molecule has 29 heavy (non-hydrogen) atoms. The molecule has 2 aromatic heterocycles. The molecule has 0 aliphatic carbocycles. The van der Waals surface area contributed by atoms with Crippen LogP contribution in [-0.2, 0) is 19.5 Å². The van der Waals surface area contributed by atoms with Gasteiger partial charge in [-0.25, -0.2) is 9.97 Å². The van der Waals surface area contributed by atoms with E-state index in [1.54, 1.807) is 31.6 Å². The molecule has 1 aliphatic heterocycles. The molecule has 0 saturated heterocycles. The van der Waals surface area contributed by atoms with Gasteiger partial charge in [-0.1, -0.05) is 0 Å². The summed E-state index contributed by atoms with van der Waals surface area (Å²) < 4.78 is 16.0. The van der Waals surface area contributed by atoms with Gasteiger partial charge in [0.05, 0.1) is 39.4 Å². The van der Waals surface area contributed by atoms with Crippen molar-refractivity contribution in [2.24, 2.45) is 0 Å². The van der Waals surface area contributed by atoms with Gasteiger partial charge >= 0.3 is 0 Å². The Morgan fingerprint density at radius 2 is 1.97 bits per heavy atom. The number of nitrogens with zero attached hydrogens (tertiary/aromatic N) is 3. The number of hydrogen-bond donors (Lipinski definition) is 1. The first kappa shape index (κ1) is 18.8. The fourth-order valence-corrected chi connectivity index (χ4v) is 3.34. The molecular formula is C21H22N4O4. The summed E-state index contributed by atoms with van der Waals surface area (Å²) in [7, 11) is 3.22. The summed E-state index contributed by atoms with van der Waals surface area (Å²) in [6.45, 7) is 1.61. The third kappa shape index (κ3) is 4.01. The van der Waals surface area contributed by atoms with Crippen molar-refractivity contribution >= 4 is 11.7 Å². The lowest BCUT2D eigenvalue weighted by molar-refractivity contribution is 0.0728. The number of amides is 1. The first-order valence-electron chi connectivity index (χ1n) is 9.29. The number of furan rings is 1. The smallest absolute Gasteiger partial charge is 0.274 e. The number of rotatable bonds is 6. The molecular weight excluding hydrogens is 372 g/mol. The Hall–Kier alpha value is -3.55. The fraction of sp³-hybridized carbons (Fsp3) is 0.286. The molecule has 8 nitrogen and oxygen atoms in total. The van der Waals surface area contributed by atoms with Gasteiger partial charge in [0, 0.05) is 13.1 Å². The van der Waals surface area contributed by atoms with E-state index in [1.165, 1.54) is 6.20 Å². The third-order valence-corrected chi connectivity index (χ3v) is 4.90. The number of nitrogens with one attached hydrogen (secondary N) is 1. The van der Waals surface area contributed by atoms with Crippen molar-refractivity contribution in [3.8, 4) is 11.5 Å². The lowest BCUT2D eigenvalue weighted by atomic mass is 9.98. The second-order valence-electron chi connectivity index (χ2n) is 6.67. The Balaban J connectivity index is 1.43. The molecule has 0 radical (unpaired) electrons. The zero-order chi connectivity index (χ0) is 20.2. The van der Waals surface area contributed by atoms with Crippen molar-refractivity contribution in [2.75, 3.05) is 26.1 Å². The standard InChI is InChI=1S/C21H22N4O4/c1-27-18-8-14-5-6-25(13-15(14)9-19(18)28-2)21(26)17-11-24-20(12-22-17)23-10-16-4-3-7-29-16/h3-4,7-9,11-12H,5-6,10,13H2,1-2H3,(H,23,24). The second kappa shape index (κ2) is 8.22. The summed E-state index contributed by atoms with van der Waals surface area (Å²) in [6, 6.07) is 7.61. The van der Waals surface area contributed by atoms with Gasteiger partial charge in [0.2, 0.25) is 0 Å². The van der Waals surface area contributed by atoms with E-state index in [0.29, 0.717) is 42.6 Å². The average Bonchev–Trinajstić information content (AvgIpc) is 3.30. The number of ether oxygens (including phenoxy) is 2. The number of methoxy groups -OCH3 is 2. The number of benzene rings is 1. The molecule has 1 amide bonds. The maximum atomic E-state index is 12.9. The van der Waals surface area contributed by atoms with Crippen LogP contribution in [0.2, 0.25) is 0 Å². The highest BCUT2D eigenvalue weighted by Gasteiger charge is 2.24. The molecule has 0 saturated carbocycles. The molecule has 0 atom stereocenters. The Bertz CT molecular complexity index is 987. The summed E-state index contributed by atoms with van der Waals surface area (Å²) >= 11 is 0. The molecule has 0 bridgehead atoms. The molecule has 1 N–H and O–H groups in total. The van der Waals surface area contributed by atoms with Crippen LogP contribution >= 0.6 is 0 Å². The van der Waals surface area contributed by atoms with Gasteiger partial charge in [-0.3, -0.25) is 4.79 Å². The SMILES string of the molecule is COc1cc2c(cc1OC)CN(C(=O)c1cnc(NCc3ccco3)cn1)CC2. The molecule has 0 unspecified atom stereocenters. The Morgan fingerprint density at radius 3 is 2.62 bits per heavy atom. The van der Waals surface area contributed by atoms with Crippen molar-refractivity contribution in [2.45, 2.75) is 19.5 Å². The van der Waals surface area contributed by atoms with Crippen molar-refractivity contribution in [1.29, 1.82) is 0 Å². The van der Waals surface area contributed by atoms with Crippen LogP contribution in [0.1, 0.15) is 27.4 Å². The number of carbonyl (C=O) groups is 1. The van der Waals surface area contributed by atoms with E-state index in [4.69, 9.17) is 13.9 Å². The zero-order valence-corrected chi connectivity index (χ0v) is 16.3. The highest BCUT2D eigenvalue weighted by Crippen LogP contribution is 2.33. The largest absolute Gasteiger partial charge is 0.493 e. The number of aromatic nitrogens is 2. The number of carbonyl (C=O) groups excluding carboxylic acids is 1. The number of hydrogen-bond acceptors (Lipinski definition) is 7. The minimum atomic E-state index is -0.143. The summed E-state index contributed by atoms with van der Waals surface area (Å²) in [5.41, 5.74) is 2.53. The van der Waals surface area contributed by atoms with Gasteiger partial charge in [-0.2, -0.15) is 0 Å². The molecule has 3 heterocycles. The molecule has 1 aliphatic rings. The highest BCUT2D eigenvalue weighted by molar-refractivity contribution is 5.92. The molecule has 150 valence electrons. The Morgan fingerprint density at radius 1 is 1.17 bits per heavy atom. The van der Waals surface area contributed by atoms with Gasteiger partial charge in [0.1, 0.15) is 17.3 Å². The fourth-order valence-electron chi connectivity index (χ4n) is 3.34. The number of anilines is 1. The van der Waals surface area contributed by atoms with Crippen LogP contribution in [0.3, 0.4) is 0 Å². The molecule has 0 fully saturated rings. The molecule has 8 heteroatoms. The monoisotopic (exact) mass is 394 g/mol. The average molecular weight is 394 g/mol. The Kier molecular flexibility index (Phi) is 5.33. The summed E-state index contributed by atoms with van der Waals surface area (Å²) in [5.74, 6) is 2.60. The molecule has 0 spiro atoms. The lowest BCUT2D eigenvalue weighted by Crippen LogP contribution is -2.36. The summed E-state index contributed by atoms with van der Waals surface area (Å²) in [5, 5.41) is 3.11. The Labute approximate surface area is 168 Å². The second-order valence-corrected chi connectivity index (χ2v) is 6.67. The quantitative estimate of drug-likeness (QED) is 0.687. The van der Waals surface area contributed by atoms with Crippen molar-refractivity contribution in [3.05, 3.63) is 65.5 Å². The van der Waals surface area contributed by atoms with Crippen LogP contribution in [0.25, 0.3) is 0 Å². The summed E-state index contributed by atoms with van der Waals surface area (Å²) in [6.07, 6.45) is 5.42. The van der Waals surface area contributed by atoms with Gasteiger partial charge in [0.25, 0.3) is 5.91 Å². The highest BCUT2D eigenvalue weighted by atomic mass is 16.5. The van der Waals surface area contributed by atoms with Crippen molar-refractivity contribution in [3.63, 3.8) is 0 Å². The van der Waals surface area contributed by atoms with Gasteiger partial charge < -0.3 is 24.1 Å². The molecule has 4 rings (SSSR count). The molecule has 1 aromatic carbocycles. The van der Waals surface area contributed by atoms with Crippen molar-refractivity contribution in [1.82, 2.24) is 14.9 Å². The van der Waals surface area contributed by atoms with E-state index in [0.717, 1.165) is 23.3 Å². The number of fused-ring (bicyclic) bond motifs is 1. The van der Waals surface area contributed by atoms with E-state index >= 15 is 0 Å². The maximum Gasteiger partial charge on any atom is 0.274 e. The van der Waals surface area contributed by atoms with Gasteiger partial charge in [-0.15, -0.1) is 0 Å². The topological polar surface area (TPSA) is 89.7 Å². The van der Waals surface area contributed by atoms with E-state index in [1.807, 2.05) is 24.3 Å². The normalized spacial score (nSPS) is 13.0. The van der Waals surface area contributed by atoms with E-state index in [9.17, 15) is 4.79 Å². The van der Waals surface area contributed by atoms with Crippen LogP contribution < -0.4 is 14.8 Å². The molecule has 3 aromatic rings. The van der Waals surface area contributed by atoms with Crippen LogP contribution in [0.15, 0.2) is 47.3 Å². The van der Waals surface area contributed by atoms with Crippen molar-refractivity contribution < 1.29 is 18.7 Å². The van der Waals surface area contributed by atoms with Crippen LogP contribution in [0.5, 0.6) is 11.5 Å². The zero-order valence-electron chi connectivity index (χ0n) is 16.3. The predicted molar refractivity (Wildman–Crippen MR) is 106 cm³/mol. The third-order valence-electron chi connectivity index (χ3n) is 4.90. The van der Waals surface area contributed by atoms with E-state index < -0.39 is 0 Å². The van der Waals surface area contributed by atoms with Crippen LogP contribution in [0.4, 0.5) is 5.82 Å². The first-order valence-corrected chi connectivity index (χ1v) is 9.29. The van der Waals surface area contributed by atoms with Gasteiger partial charge in [0.15, 0.2) is 11.5 Å². The minimum absolute atomic E-state index is 0.143. The van der Waals surface area contributed by atoms with E-state index in [2.05, 4.69) is 15.3 Å². The van der Waals surface area contributed by atoms with E-state index in [-0.39, 0.29) is 5.91 Å². The van der Waals surface area contributed by atoms with Crippen LogP contribution in [-0.4, -0.2) is 41.5 Å². The lowest BCUT2D eigenvalue weighted by Gasteiger charge is -2.29. The predicted octanol–water partition coefficient (Wildman–Crippen LogP) is 2.90. The van der Waals surface area contributed by atoms with Crippen LogP contribution in [0, 0.1) is 0 Å². The minimum Gasteiger partial charge on any atom is -0.493 e. The summed E-state index contributed by atoms with van der Waals surface area (Å²) in [4.78, 5) is 23.2. The first-order chi connectivity index (χ1) is 14.2.